The lowest BCUT2D eigenvalue weighted by atomic mass is 9.97. The Labute approximate surface area is 183 Å². The zero-order chi connectivity index (χ0) is 22.4. The largest absolute Gasteiger partial charge is 0.422 e. The van der Waals surface area contributed by atoms with Gasteiger partial charge in [0.1, 0.15) is 11.2 Å². The van der Waals surface area contributed by atoms with Gasteiger partial charge < -0.3 is 19.5 Å². The van der Waals surface area contributed by atoms with Crippen LogP contribution in [0, 0.1) is 0 Å². The average molecular weight is 424 g/mol. The molecule has 0 amide bonds. The first-order valence-corrected chi connectivity index (χ1v) is 10.1. The molecule has 2 N–H and O–H groups in total. The molecule has 0 aliphatic carbocycles. The maximum atomic E-state index is 12.8. The molecular formula is C26H20N2O4. The molecule has 0 aliphatic rings. The summed E-state index contributed by atoms with van der Waals surface area (Å²) in [5.41, 5.74) is 9.52. The van der Waals surface area contributed by atoms with Crippen LogP contribution in [0.15, 0.2) is 91.2 Å². The number of fused-ring (bicyclic) bond motifs is 2. The summed E-state index contributed by atoms with van der Waals surface area (Å²) in [6.07, 6.45) is 0. The van der Waals surface area contributed by atoms with Crippen molar-refractivity contribution in [2.45, 2.75) is 0 Å². The summed E-state index contributed by atoms with van der Waals surface area (Å²) in [5, 5.41) is 1.46. The van der Waals surface area contributed by atoms with E-state index >= 15 is 0 Å². The van der Waals surface area contributed by atoms with E-state index in [1.54, 1.807) is 30.3 Å². The Kier molecular flexibility index (Phi) is 4.56. The van der Waals surface area contributed by atoms with Gasteiger partial charge in [-0.05, 0) is 41.5 Å². The first-order chi connectivity index (χ1) is 15.4. The Bertz CT molecular complexity index is 1600. The van der Waals surface area contributed by atoms with Crippen LogP contribution in [0.4, 0.5) is 11.4 Å². The van der Waals surface area contributed by atoms with Crippen molar-refractivity contribution >= 4 is 33.3 Å². The van der Waals surface area contributed by atoms with Gasteiger partial charge in [0.2, 0.25) is 0 Å². The van der Waals surface area contributed by atoms with Gasteiger partial charge >= 0.3 is 11.3 Å². The summed E-state index contributed by atoms with van der Waals surface area (Å²) in [4.78, 5) is 27.3. The third-order valence-corrected chi connectivity index (χ3v) is 5.51. The van der Waals surface area contributed by atoms with Crippen LogP contribution in [0.3, 0.4) is 0 Å². The fraction of sp³-hybridized carbons (Fsp3) is 0.0769. The summed E-state index contributed by atoms with van der Waals surface area (Å²) < 4.78 is 11.1. The van der Waals surface area contributed by atoms with E-state index in [-0.39, 0.29) is 0 Å². The number of hydrogen-bond acceptors (Lipinski definition) is 6. The molecule has 32 heavy (non-hydrogen) atoms. The van der Waals surface area contributed by atoms with Gasteiger partial charge in [0, 0.05) is 53.9 Å². The zero-order valence-corrected chi connectivity index (χ0v) is 17.6. The smallest absolute Gasteiger partial charge is 0.344 e. The molecule has 0 saturated heterocycles. The van der Waals surface area contributed by atoms with Crippen molar-refractivity contribution in [1.29, 1.82) is 0 Å². The Hall–Kier alpha value is -4.32. The molecule has 0 radical (unpaired) electrons. The molecule has 158 valence electrons. The van der Waals surface area contributed by atoms with Gasteiger partial charge in [-0.25, -0.2) is 9.59 Å². The molecule has 2 heterocycles. The lowest BCUT2D eigenvalue weighted by molar-refractivity contribution is 0.556. The SMILES string of the molecule is CN(C)c1ccc(-c2cc(=O)oc3c(-c4cc5ccc(N)cc5oc4=O)cccc23)cc1. The molecule has 0 unspecified atom stereocenters. The zero-order valence-electron chi connectivity index (χ0n) is 17.6. The predicted molar refractivity (Wildman–Crippen MR) is 128 cm³/mol. The molecule has 0 aliphatic heterocycles. The number of para-hydroxylation sites is 1. The van der Waals surface area contributed by atoms with Crippen molar-refractivity contribution in [1.82, 2.24) is 0 Å². The first-order valence-electron chi connectivity index (χ1n) is 10.1. The van der Waals surface area contributed by atoms with E-state index in [4.69, 9.17) is 14.6 Å². The minimum atomic E-state index is -0.529. The molecule has 0 bridgehead atoms. The van der Waals surface area contributed by atoms with Gasteiger partial charge in [0.05, 0.1) is 5.56 Å². The average Bonchev–Trinajstić information content (AvgIpc) is 2.78. The summed E-state index contributed by atoms with van der Waals surface area (Å²) in [6, 6.07) is 21.7. The molecule has 0 saturated carbocycles. The van der Waals surface area contributed by atoms with E-state index in [2.05, 4.69) is 0 Å². The molecule has 2 aromatic heterocycles. The van der Waals surface area contributed by atoms with Crippen LogP contribution in [0.25, 0.3) is 44.2 Å². The van der Waals surface area contributed by atoms with Gasteiger partial charge in [-0.2, -0.15) is 0 Å². The van der Waals surface area contributed by atoms with E-state index in [0.717, 1.165) is 27.6 Å². The lowest BCUT2D eigenvalue weighted by Crippen LogP contribution is -2.08. The van der Waals surface area contributed by atoms with Gasteiger partial charge in [0.15, 0.2) is 0 Å². The van der Waals surface area contributed by atoms with Gasteiger partial charge in [-0.1, -0.05) is 30.3 Å². The van der Waals surface area contributed by atoms with Crippen LogP contribution >= 0.6 is 0 Å². The summed E-state index contributed by atoms with van der Waals surface area (Å²) >= 11 is 0. The van der Waals surface area contributed by atoms with Crippen LogP contribution in [0.1, 0.15) is 0 Å². The number of hydrogen-bond donors (Lipinski definition) is 1. The Balaban J connectivity index is 1.75. The molecule has 5 aromatic rings. The summed E-state index contributed by atoms with van der Waals surface area (Å²) in [5.74, 6) is 0. The normalized spacial score (nSPS) is 11.2. The second kappa shape index (κ2) is 7.42. The highest BCUT2D eigenvalue weighted by Crippen LogP contribution is 2.34. The van der Waals surface area contributed by atoms with E-state index in [1.165, 1.54) is 6.07 Å². The molecule has 0 spiro atoms. The number of rotatable bonds is 3. The Morgan fingerprint density at radius 3 is 2.31 bits per heavy atom. The maximum Gasteiger partial charge on any atom is 0.344 e. The fourth-order valence-corrected chi connectivity index (χ4v) is 3.89. The molecule has 6 nitrogen and oxygen atoms in total. The van der Waals surface area contributed by atoms with Gasteiger partial charge in [0.25, 0.3) is 0 Å². The van der Waals surface area contributed by atoms with Crippen LogP contribution < -0.4 is 21.9 Å². The standard InChI is InChI=1S/C26H20N2O4/c1-28(2)18-10-7-15(8-11-18)21-14-24(29)32-25-19(21)4-3-5-20(25)22-12-16-6-9-17(27)13-23(16)31-26(22)30/h3-14H,27H2,1-2H3. The van der Waals surface area contributed by atoms with Crippen LogP contribution in [0.5, 0.6) is 0 Å². The first kappa shape index (κ1) is 19.6. The lowest BCUT2D eigenvalue weighted by Gasteiger charge is -2.13. The van der Waals surface area contributed by atoms with E-state index in [9.17, 15) is 9.59 Å². The number of nitrogen functional groups attached to an aromatic ring is 1. The molecule has 0 fully saturated rings. The van der Waals surface area contributed by atoms with Crippen molar-refractivity contribution < 1.29 is 8.83 Å². The number of nitrogens with two attached hydrogens (primary N) is 1. The maximum absolute atomic E-state index is 12.8. The minimum Gasteiger partial charge on any atom is -0.422 e. The van der Waals surface area contributed by atoms with Crippen molar-refractivity contribution in [2.75, 3.05) is 24.7 Å². The van der Waals surface area contributed by atoms with E-state index in [1.807, 2.05) is 55.4 Å². The number of anilines is 2. The molecular weight excluding hydrogens is 404 g/mol. The van der Waals surface area contributed by atoms with Crippen LogP contribution in [-0.2, 0) is 0 Å². The summed E-state index contributed by atoms with van der Waals surface area (Å²) in [7, 11) is 3.94. The molecule has 5 rings (SSSR count). The third kappa shape index (κ3) is 3.32. The van der Waals surface area contributed by atoms with Crippen molar-refractivity contribution in [3.8, 4) is 22.3 Å². The fourth-order valence-electron chi connectivity index (χ4n) is 3.89. The highest BCUT2D eigenvalue weighted by atomic mass is 16.4. The quantitative estimate of drug-likeness (QED) is 0.328. The predicted octanol–water partition coefficient (Wildman–Crippen LogP) is 4.88. The number of benzene rings is 3. The Morgan fingerprint density at radius 2 is 1.56 bits per heavy atom. The van der Waals surface area contributed by atoms with Gasteiger partial charge in [-0.15, -0.1) is 0 Å². The second-order valence-electron chi connectivity index (χ2n) is 7.85. The molecule has 3 aromatic carbocycles. The molecule has 6 heteroatoms. The van der Waals surface area contributed by atoms with Crippen molar-refractivity contribution in [3.05, 3.63) is 93.6 Å². The van der Waals surface area contributed by atoms with E-state index < -0.39 is 11.3 Å². The van der Waals surface area contributed by atoms with Crippen molar-refractivity contribution in [3.63, 3.8) is 0 Å². The highest BCUT2D eigenvalue weighted by molar-refractivity contribution is 6.01. The van der Waals surface area contributed by atoms with E-state index in [0.29, 0.717) is 28.0 Å². The molecule has 0 atom stereocenters. The monoisotopic (exact) mass is 424 g/mol. The Morgan fingerprint density at radius 1 is 0.781 bits per heavy atom. The van der Waals surface area contributed by atoms with Crippen LogP contribution in [0.2, 0.25) is 0 Å². The second-order valence-corrected chi connectivity index (χ2v) is 7.85. The van der Waals surface area contributed by atoms with Crippen molar-refractivity contribution in [2.24, 2.45) is 0 Å². The minimum absolute atomic E-state index is 0.316. The summed E-state index contributed by atoms with van der Waals surface area (Å²) in [6.45, 7) is 0. The number of nitrogens with zero attached hydrogens (tertiary/aromatic N) is 1. The van der Waals surface area contributed by atoms with Gasteiger partial charge in [-0.3, -0.25) is 0 Å². The highest BCUT2D eigenvalue weighted by Gasteiger charge is 2.16. The van der Waals surface area contributed by atoms with Crippen LogP contribution in [-0.4, -0.2) is 14.1 Å². The topological polar surface area (TPSA) is 89.7 Å². The third-order valence-electron chi connectivity index (χ3n) is 5.51.